The first-order chi connectivity index (χ1) is 4.72. The minimum atomic E-state index is 0. The molecule has 0 aromatic rings. The van der Waals surface area contributed by atoms with E-state index in [1.54, 1.807) is 0 Å². The summed E-state index contributed by atoms with van der Waals surface area (Å²) in [6.07, 6.45) is 8.36. The van der Waals surface area contributed by atoms with E-state index in [2.05, 4.69) is 50.1 Å². The summed E-state index contributed by atoms with van der Waals surface area (Å²) in [4.78, 5) is 2.25. The van der Waals surface area contributed by atoms with Gasteiger partial charge in [0.25, 0.3) is 0 Å². The average Bonchev–Trinajstić information content (AvgIpc) is 1.88. The molecule has 1 nitrogen and oxygen atoms in total. The zero-order valence-corrected chi connectivity index (χ0v) is 10.2. The van der Waals surface area contributed by atoms with Crippen molar-refractivity contribution in [2.75, 3.05) is 0 Å². The molecule has 1 rings (SSSR count). The van der Waals surface area contributed by atoms with E-state index in [1.165, 1.54) is 6.04 Å². The molecule has 0 atom stereocenters. The van der Waals surface area contributed by atoms with Gasteiger partial charge in [-0.15, -0.1) is 12.1 Å². The van der Waals surface area contributed by atoms with Gasteiger partial charge in [-0.05, 0) is 20.0 Å². The van der Waals surface area contributed by atoms with Gasteiger partial charge in [0.2, 0.25) is 0 Å². The van der Waals surface area contributed by atoms with Crippen molar-refractivity contribution in [2.45, 2.75) is 26.8 Å². The molecule has 0 unspecified atom stereocenters. The molecule has 1 aliphatic heterocycles. The van der Waals surface area contributed by atoms with E-state index in [0.717, 1.165) is 0 Å². The molecule has 0 fully saturated rings. The van der Waals surface area contributed by atoms with Crippen molar-refractivity contribution in [3.63, 3.8) is 0 Å². The van der Waals surface area contributed by atoms with Gasteiger partial charge >= 0.3 is 0 Å². The summed E-state index contributed by atoms with van der Waals surface area (Å²) in [6.45, 7) is 6.50. The molecule has 59 valence electrons. The topological polar surface area (TPSA) is 3.24 Å². The Morgan fingerprint density at radius 1 is 1.27 bits per heavy atom. The number of hydrogen-bond acceptors (Lipinski definition) is 1. The molecule has 0 spiro atoms. The van der Waals surface area contributed by atoms with Crippen LogP contribution in [0, 0.1) is 6.04 Å². The number of hydrogen-bond donors (Lipinski definition) is 0. The normalized spacial score (nSPS) is 15.6. The van der Waals surface area contributed by atoms with Gasteiger partial charge in [-0.25, -0.2) is 12.2 Å². The second kappa shape index (κ2) is 5.00. The van der Waals surface area contributed by atoms with Crippen LogP contribution in [0.15, 0.2) is 24.4 Å². The van der Waals surface area contributed by atoms with Crippen molar-refractivity contribution in [3.8, 4) is 0 Å². The maximum Gasteiger partial charge on any atom is 0.0102 e. The third-order valence-electron chi connectivity index (χ3n) is 1.66. The minimum Gasteiger partial charge on any atom is -0.429 e. The van der Waals surface area contributed by atoms with Crippen molar-refractivity contribution >= 4 is 0 Å². The smallest absolute Gasteiger partial charge is 0.0102 e. The monoisotopic (exact) mass is 225 g/mol. The van der Waals surface area contributed by atoms with Gasteiger partial charge in [-0.2, -0.15) is 0 Å². The van der Waals surface area contributed by atoms with Gasteiger partial charge in [0, 0.05) is 38.8 Å². The average molecular weight is 225 g/mol. The molecule has 0 N–H and O–H groups in total. The third-order valence-corrected chi connectivity index (χ3v) is 1.66. The summed E-state index contributed by atoms with van der Waals surface area (Å²) in [5, 5.41) is 0. The summed E-state index contributed by atoms with van der Waals surface area (Å²) in [5.74, 6) is 0. The maximum absolute atomic E-state index is 2.25. The summed E-state index contributed by atoms with van der Waals surface area (Å²) >= 11 is 0. The molecule has 0 bridgehead atoms. The van der Waals surface area contributed by atoms with E-state index < -0.39 is 0 Å². The first-order valence-electron chi connectivity index (χ1n) is 3.68. The predicted molar refractivity (Wildman–Crippen MR) is 44.2 cm³/mol. The summed E-state index contributed by atoms with van der Waals surface area (Å²) in [5.41, 5.74) is 0. The third kappa shape index (κ3) is 3.00. The molecule has 0 aliphatic carbocycles. The number of allylic oxidation sites excluding steroid dienone is 2. The Labute approximate surface area is 94.4 Å². The Morgan fingerprint density at radius 3 is 2.27 bits per heavy atom. The molecule has 2 heteroatoms. The standard InChI is InChI=1S/C9H14N.Y/c1-8(2)10-7-5-4-6-9(10)3;/h4-8H,1-3H3;/q-1;. The van der Waals surface area contributed by atoms with Crippen molar-refractivity contribution in [1.29, 1.82) is 0 Å². The van der Waals surface area contributed by atoms with Gasteiger partial charge in [0.1, 0.15) is 0 Å². The van der Waals surface area contributed by atoms with Crippen LogP contribution in [-0.4, -0.2) is 10.9 Å². The quantitative estimate of drug-likeness (QED) is 0.619. The SMILES string of the molecule is C[C-]1C=CC=CN1C(C)C.[Y]. The van der Waals surface area contributed by atoms with Crippen LogP contribution in [-0.2, 0) is 32.7 Å². The van der Waals surface area contributed by atoms with E-state index in [1.807, 2.05) is 0 Å². The van der Waals surface area contributed by atoms with Crippen LogP contribution in [0.1, 0.15) is 20.8 Å². The van der Waals surface area contributed by atoms with Crippen molar-refractivity contribution in [1.82, 2.24) is 4.90 Å². The summed E-state index contributed by atoms with van der Waals surface area (Å²) < 4.78 is 0. The molecule has 0 aromatic heterocycles. The van der Waals surface area contributed by atoms with E-state index in [9.17, 15) is 0 Å². The molecule has 11 heavy (non-hydrogen) atoms. The molecule has 1 aliphatic rings. The van der Waals surface area contributed by atoms with Gasteiger partial charge in [0.05, 0.1) is 0 Å². The van der Waals surface area contributed by atoms with Crippen LogP contribution in [0.4, 0.5) is 0 Å². The molecule has 1 radical (unpaired) electrons. The Balaban J connectivity index is 0.000001000. The van der Waals surface area contributed by atoms with Gasteiger partial charge in [0.15, 0.2) is 0 Å². The Bertz CT molecular complexity index is 161. The van der Waals surface area contributed by atoms with Gasteiger partial charge in [-0.1, -0.05) is 6.92 Å². The number of rotatable bonds is 1. The number of nitrogens with zero attached hydrogens (tertiary/aromatic N) is 1. The fourth-order valence-corrected chi connectivity index (χ4v) is 1.12. The molecule has 0 aromatic carbocycles. The predicted octanol–water partition coefficient (Wildman–Crippen LogP) is 2.33. The molecular formula is C9H14NY-. The summed E-state index contributed by atoms with van der Waals surface area (Å²) in [6, 6.07) is 1.89. The van der Waals surface area contributed by atoms with E-state index in [-0.39, 0.29) is 32.7 Å². The molecule has 0 saturated heterocycles. The molecule has 1 heterocycles. The van der Waals surface area contributed by atoms with Crippen LogP contribution in [0.3, 0.4) is 0 Å². The molecule has 0 amide bonds. The van der Waals surface area contributed by atoms with Crippen LogP contribution >= 0.6 is 0 Å². The largest absolute Gasteiger partial charge is 0.429 e. The van der Waals surface area contributed by atoms with Crippen molar-refractivity contribution < 1.29 is 32.7 Å². The van der Waals surface area contributed by atoms with Crippen molar-refractivity contribution in [3.05, 3.63) is 30.5 Å². The summed E-state index contributed by atoms with van der Waals surface area (Å²) in [7, 11) is 0. The fourth-order valence-electron chi connectivity index (χ4n) is 1.12. The van der Waals surface area contributed by atoms with Crippen LogP contribution in [0.2, 0.25) is 0 Å². The minimum absolute atomic E-state index is 0. The first kappa shape index (κ1) is 11.3. The van der Waals surface area contributed by atoms with Gasteiger partial charge < -0.3 is 4.90 Å². The Hall–Kier alpha value is 0.254. The second-order valence-electron chi connectivity index (χ2n) is 2.84. The van der Waals surface area contributed by atoms with Crippen molar-refractivity contribution in [2.24, 2.45) is 0 Å². The van der Waals surface area contributed by atoms with Gasteiger partial charge in [-0.3, -0.25) is 0 Å². The fraction of sp³-hybridized carbons (Fsp3) is 0.444. The van der Waals surface area contributed by atoms with E-state index >= 15 is 0 Å². The zero-order chi connectivity index (χ0) is 7.56. The second-order valence-corrected chi connectivity index (χ2v) is 2.84. The zero-order valence-electron chi connectivity index (χ0n) is 7.41. The van der Waals surface area contributed by atoms with Crippen LogP contribution in [0.25, 0.3) is 0 Å². The first-order valence-corrected chi connectivity index (χ1v) is 3.68. The van der Waals surface area contributed by atoms with E-state index in [0.29, 0.717) is 6.04 Å². The molecular weight excluding hydrogens is 211 g/mol. The van der Waals surface area contributed by atoms with Crippen LogP contribution in [0.5, 0.6) is 0 Å². The van der Waals surface area contributed by atoms with Crippen LogP contribution < -0.4 is 0 Å². The van der Waals surface area contributed by atoms with E-state index in [4.69, 9.17) is 0 Å². The Kier molecular flexibility index (Phi) is 5.11. The molecule has 0 saturated carbocycles. The Morgan fingerprint density at radius 2 is 1.91 bits per heavy atom. The maximum atomic E-state index is 2.25.